The lowest BCUT2D eigenvalue weighted by Gasteiger charge is -2.13. The topological polar surface area (TPSA) is 84.6 Å². The number of benzene rings is 2. The number of carbonyl (C=O) groups excluding carboxylic acids is 1. The molecule has 5 nitrogen and oxygen atoms in total. The molecule has 0 aliphatic rings. The van der Waals surface area contributed by atoms with Crippen LogP contribution in [0.25, 0.3) is 0 Å². The molecule has 0 fully saturated rings. The number of aliphatic hydroxyl groups excluding tert-OH is 1. The Morgan fingerprint density at radius 2 is 2.00 bits per heavy atom. The third-order valence-corrected chi connectivity index (χ3v) is 3.47. The molecule has 6 heteroatoms. The number of halogens is 1. The van der Waals surface area contributed by atoms with Gasteiger partial charge in [0.15, 0.2) is 0 Å². The molecule has 116 valence electrons. The summed E-state index contributed by atoms with van der Waals surface area (Å²) in [5, 5.41) is 13.3. The maximum atomic E-state index is 12.1. The predicted octanol–water partition coefficient (Wildman–Crippen LogP) is 2.39. The molecule has 0 saturated carbocycles. The van der Waals surface area contributed by atoms with Crippen LogP contribution in [0.3, 0.4) is 0 Å². The van der Waals surface area contributed by atoms with Gasteiger partial charge in [0.2, 0.25) is 0 Å². The number of anilines is 1. The first-order chi connectivity index (χ1) is 10.5. The van der Waals surface area contributed by atoms with Crippen LogP contribution in [0.4, 0.5) is 5.69 Å². The van der Waals surface area contributed by atoms with E-state index in [1.165, 1.54) is 7.11 Å². The third kappa shape index (κ3) is 3.90. The molecule has 1 unspecified atom stereocenters. The van der Waals surface area contributed by atoms with Gasteiger partial charge in [-0.1, -0.05) is 23.7 Å². The first-order valence-electron chi connectivity index (χ1n) is 6.66. The fourth-order valence-electron chi connectivity index (χ4n) is 1.96. The van der Waals surface area contributed by atoms with Crippen molar-refractivity contribution in [2.24, 2.45) is 0 Å². The summed E-state index contributed by atoms with van der Waals surface area (Å²) in [5.41, 5.74) is 7.14. The number of carbonyl (C=O) groups is 1. The lowest BCUT2D eigenvalue weighted by molar-refractivity contribution is 0.0917. The van der Waals surface area contributed by atoms with Crippen LogP contribution in [0.5, 0.6) is 5.75 Å². The number of aliphatic hydroxyl groups is 1. The Morgan fingerprint density at radius 3 is 2.59 bits per heavy atom. The summed E-state index contributed by atoms with van der Waals surface area (Å²) in [6.45, 7) is 0.0753. The quantitative estimate of drug-likeness (QED) is 0.739. The molecule has 0 saturated heterocycles. The van der Waals surface area contributed by atoms with Crippen molar-refractivity contribution < 1.29 is 14.6 Å². The van der Waals surface area contributed by atoms with Gasteiger partial charge >= 0.3 is 0 Å². The Morgan fingerprint density at radius 1 is 1.32 bits per heavy atom. The molecule has 22 heavy (non-hydrogen) atoms. The van der Waals surface area contributed by atoms with E-state index in [4.69, 9.17) is 22.1 Å². The van der Waals surface area contributed by atoms with Gasteiger partial charge in [0, 0.05) is 23.3 Å². The third-order valence-electron chi connectivity index (χ3n) is 3.21. The minimum atomic E-state index is -0.819. The number of hydrogen-bond donors (Lipinski definition) is 3. The van der Waals surface area contributed by atoms with Gasteiger partial charge < -0.3 is 20.9 Å². The highest BCUT2D eigenvalue weighted by atomic mass is 35.5. The van der Waals surface area contributed by atoms with Crippen molar-refractivity contribution in [3.05, 3.63) is 58.6 Å². The van der Waals surface area contributed by atoms with Gasteiger partial charge in [-0.2, -0.15) is 0 Å². The molecule has 2 rings (SSSR count). The summed E-state index contributed by atoms with van der Waals surface area (Å²) in [5.74, 6) is 0.225. The van der Waals surface area contributed by atoms with Crippen molar-refractivity contribution in [1.82, 2.24) is 5.32 Å². The van der Waals surface area contributed by atoms with Crippen molar-refractivity contribution in [2.75, 3.05) is 19.4 Å². The first kappa shape index (κ1) is 16.1. The highest BCUT2D eigenvalue weighted by Gasteiger charge is 2.13. The van der Waals surface area contributed by atoms with Gasteiger partial charge in [-0.3, -0.25) is 4.79 Å². The van der Waals surface area contributed by atoms with Crippen LogP contribution in [-0.4, -0.2) is 24.7 Å². The maximum absolute atomic E-state index is 12.1. The zero-order valence-corrected chi connectivity index (χ0v) is 12.8. The Labute approximate surface area is 133 Å². The fraction of sp³-hybridized carbons (Fsp3) is 0.188. The Kier molecular flexibility index (Phi) is 5.25. The van der Waals surface area contributed by atoms with E-state index in [1.54, 1.807) is 42.5 Å². The molecule has 2 aromatic carbocycles. The number of amides is 1. The molecular weight excluding hydrogens is 304 g/mol. The molecule has 0 bridgehead atoms. The number of nitrogen functional groups attached to an aromatic ring is 1. The van der Waals surface area contributed by atoms with Crippen LogP contribution in [0.2, 0.25) is 5.02 Å². The van der Waals surface area contributed by atoms with Crippen LogP contribution in [0.15, 0.2) is 42.5 Å². The second-order valence-corrected chi connectivity index (χ2v) is 5.17. The van der Waals surface area contributed by atoms with Crippen molar-refractivity contribution in [3.8, 4) is 5.75 Å². The van der Waals surface area contributed by atoms with E-state index in [0.29, 0.717) is 27.6 Å². The van der Waals surface area contributed by atoms with E-state index < -0.39 is 6.10 Å². The van der Waals surface area contributed by atoms with Gasteiger partial charge in [-0.15, -0.1) is 0 Å². The largest absolute Gasteiger partial charge is 0.497 e. The zero-order valence-electron chi connectivity index (χ0n) is 12.0. The molecule has 1 atom stereocenters. The van der Waals surface area contributed by atoms with Crippen molar-refractivity contribution in [1.29, 1.82) is 0 Å². The predicted molar refractivity (Wildman–Crippen MR) is 86.2 cm³/mol. The van der Waals surface area contributed by atoms with E-state index in [-0.39, 0.29) is 12.5 Å². The SMILES string of the molecule is COc1ccc(C(=O)NCC(O)c2ccc(Cl)cc2)c(N)c1. The summed E-state index contributed by atoms with van der Waals surface area (Å²) >= 11 is 5.79. The number of nitrogens with one attached hydrogen (secondary N) is 1. The van der Waals surface area contributed by atoms with Crippen molar-refractivity contribution >= 4 is 23.2 Å². The minimum absolute atomic E-state index is 0.0753. The summed E-state index contributed by atoms with van der Waals surface area (Å²) < 4.78 is 5.03. The minimum Gasteiger partial charge on any atom is -0.497 e. The van der Waals surface area contributed by atoms with Crippen LogP contribution in [0, 0.1) is 0 Å². The molecule has 4 N–H and O–H groups in total. The Balaban J connectivity index is 1.99. The van der Waals surface area contributed by atoms with Gasteiger partial charge in [0.05, 0.1) is 18.8 Å². The zero-order chi connectivity index (χ0) is 16.1. The van der Waals surface area contributed by atoms with Gasteiger partial charge in [-0.05, 0) is 29.8 Å². The first-order valence-corrected chi connectivity index (χ1v) is 7.04. The van der Waals surface area contributed by atoms with Crippen LogP contribution in [0.1, 0.15) is 22.0 Å². The van der Waals surface area contributed by atoms with E-state index in [0.717, 1.165) is 0 Å². The second kappa shape index (κ2) is 7.15. The average Bonchev–Trinajstić information content (AvgIpc) is 2.52. The molecule has 0 radical (unpaired) electrons. The maximum Gasteiger partial charge on any atom is 0.253 e. The Hall–Kier alpha value is -2.24. The van der Waals surface area contributed by atoms with Gasteiger partial charge in [-0.25, -0.2) is 0 Å². The van der Waals surface area contributed by atoms with E-state index in [1.807, 2.05) is 0 Å². The summed E-state index contributed by atoms with van der Waals surface area (Å²) in [6.07, 6.45) is -0.819. The fourth-order valence-corrected chi connectivity index (χ4v) is 2.09. The lowest BCUT2D eigenvalue weighted by atomic mass is 10.1. The number of hydrogen-bond acceptors (Lipinski definition) is 4. The summed E-state index contributed by atoms with van der Waals surface area (Å²) in [4.78, 5) is 12.1. The van der Waals surface area contributed by atoms with Crippen molar-refractivity contribution in [3.63, 3.8) is 0 Å². The standard InChI is InChI=1S/C16H17ClN2O3/c1-22-12-6-7-13(14(18)8-12)16(21)19-9-15(20)10-2-4-11(17)5-3-10/h2-8,15,20H,9,18H2,1H3,(H,19,21). The molecule has 1 amide bonds. The van der Waals surface area contributed by atoms with Crippen LogP contribution in [-0.2, 0) is 0 Å². The van der Waals surface area contributed by atoms with E-state index in [2.05, 4.69) is 5.32 Å². The van der Waals surface area contributed by atoms with Crippen LogP contribution < -0.4 is 15.8 Å². The number of rotatable bonds is 5. The molecule has 0 spiro atoms. The lowest BCUT2D eigenvalue weighted by Crippen LogP contribution is -2.29. The summed E-state index contributed by atoms with van der Waals surface area (Å²) in [6, 6.07) is 11.6. The Bertz CT molecular complexity index is 659. The number of methoxy groups -OCH3 is 1. The van der Waals surface area contributed by atoms with Gasteiger partial charge in [0.25, 0.3) is 5.91 Å². The van der Waals surface area contributed by atoms with Crippen molar-refractivity contribution in [2.45, 2.75) is 6.10 Å². The second-order valence-electron chi connectivity index (χ2n) is 4.73. The molecular formula is C16H17ClN2O3. The average molecular weight is 321 g/mol. The highest BCUT2D eigenvalue weighted by Crippen LogP contribution is 2.20. The number of ether oxygens (including phenoxy) is 1. The van der Waals surface area contributed by atoms with Crippen LogP contribution >= 0.6 is 11.6 Å². The molecule has 2 aromatic rings. The van der Waals surface area contributed by atoms with Gasteiger partial charge in [0.1, 0.15) is 5.75 Å². The molecule has 0 aliphatic heterocycles. The summed E-state index contributed by atoms with van der Waals surface area (Å²) in [7, 11) is 1.52. The molecule has 0 aliphatic carbocycles. The normalized spacial score (nSPS) is 11.8. The molecule has 0 heterocycles. The van der Waals surface area contributed by atoms with E-state index in [9.17, 15) is 9.90 Å². The molecule has 0 aromatic heterocycles. The highest BCUT2D eigenvalue weighted by molar-refractivity contribution is 6.30. The smallest absolute Gasteiger partial charge is 0.253 e. The monoisotopic (exact) mass is 320 g/mol. The number of nitrogens with two attached hydrogens (primary N) is 1. The van der Waals surface area contributed by atoms with E-state index >= 15 is 0 Å².